The molecule has 33 heavy (non-hydrogen) atoms. The predicted octanol–water partition coefficient (Wildman–Crippen LogP) is 4.17. The van der Waals surface area contributed by atoms with Crippen molar-refractivity contribution in [2.24, 2.45) is 0 Å². The largest absolute Gasteiger partial charge is 0.385 e. The van der Waals surface area contributed by atoms with E-state index in [1.807, 2.05) is 47.4 Å². The van der Waals surface area contributed by atoms with Crippen molar-refractivity contribution in [3.8, 4) is 11.3 Å². The number of anilines is 1. The molecule has 1 fully saturated rings. The molecule has 0 saturated carbocycles. The van der Waals surface area contributed by atoms with Crippen LogP contribution in [0.1, 0.15) is 27.9 Å². The summed E-state index contributed by atoms with van der Waals surface area (Å²) >= 11 is 0. The number of rotatable bonds is 9. The van der Waals surface area contributed by atoms with E-state index in [9.17, 15) is 4.79 Å². The summed E-state index contributed by atoms with van der Waals surface area (Å²) in [5.41, 5.74) is 4.49. The minimum absolute atomic E-state index is 0.0176. The summed E-state index contributed by atoms with van der Waals surface area (Å²) in [4.78, 5) is 17.5. The van der Waals surface area contributed by atoms with Crippen LogP contribution in [-0.4, -0.2) is 62.5 Å². The number of morpholine rings is 1. The van der Waals surface area contributed by atoms with Crippen molar-refractivity contribution in [1.29, 1.82) is 0 Å². The molecule has 0 atom stereocenters. The second-order valence-electron chi connectivity index (χ2n) is 8.22. The lowest BCUT2D eigenvalue weighted by Gasteiger charge is -2.28. The highest BCUT2D eigenvalue weighted by molar-refractivity contribution is 5.94. The van der Waals surface area contributed by atoms with Gasteiger partial charge in [-0.1, -0.05) is 47.1 Å². The topological polar surface area (TPSA) is 68.0 Å². The van der Waals surface area contributed by atoms with Crippen molar-refractivity contribution < 1.29 is 18.8 Å². The lowest BCUT2D eigenvalue weighted by Crippen LogP contribution is -2.37. The van der Waals surface area contributed by atoms with Gasteiger partial charge >= 0.3 is 0 Å². The molecule has 1 aliphatic heterocycles. The maximum absolute atomic E-state index is 13.5. The van der Waals surface area contributed by atoms with Gasteiger partial charge in [-0.25, -0.2) is 0 Å². The molecule has 174 valence electrons. The first-order valence-corrected chi connectivity index (χ1v) is 11.4. The van der Waals surface area contributed by atoms with Gasteiger partial charge in [-0.2, -0.15) is 0 Å². The highest BCUT2D eigenvalue weighted by atomic mass is 16.5. The van der Waals surface area contributed by atoms with Gasteiger partial charge in [0, 0.05) is 44.5 Å². The van der Waals surface area contributed by atoms with E-state index in [1.54, 1.807) is 7.11 Å². The van der Waals surface area contributed by atoms with Gasteiger partial charge in [0.15, 0.2) is 0 Å². The zero-order chi connectivity index (χ0) is 23.0. The first kappa shape index (κ1) is 23.0. The fraction of sp³-hybridized carbons (Fsp3) is 0.385. The Hall–Kier alpha value is -3.16. The monoisotopic (exact) mass is 449 g/mol. The normalized spacial score (nSPS) is 13.8. The van der Waals surface area contributed by atoms with Crippen molar-refractivity contribution in [2.45, 2.75) is 19.9 Å². The molecule has 1 aromatic heterocycles. The molecule has 2 heterocycles. The second kappa shape index (κ2) is 11.1. The van der Waals surface area contributed by atoms with E-state index in [0.29, 0.717) is 44.4 Å². The minimum atomic E-state index is -0.0176. The summed E-state index contributed by atoms with van der Waals surface area (Å²) in [7, 11) is 1.68. The molecule has 0 bridgehead atoms. The third-order valence-corrected chi connectivity index (χ3v) is 5.79. The number of hydrogen-bond acceptors (Lipinski definition) is 6. The molecule has 0 spiro atoms. The molecule has 0 radical (unpaired) electrons. The van der Waals surface area contributed by atoms with Crippen LogP contribution in [-0.2, 0) is 16.0 Å². The summed E-state index contributed by atoms with van der Waals surface area (Å²) in [5.74, 6) is 0.698. The lowest BCUT2D eigenvalue weighted by molar-refractivity contribution is 0.0723. The van der Waals surface area contributed by atoms with Gasteiger partial charge in [0.2, 0.25) is 5.88 Å². The quantitative estimate of drug-likeness (QED) is 0.457. The molecule has 2 aromatic carbocycles. The molecular weight excluding hydrogens is 418 g/mol. The van der Waals surface area contributed by atoms with Crippen molar-refractivity contribution in [3.63, 3.8) is 0 Å². The summed E-state index contributed by atoms with van der Waals surface area (Å²) in [6, 6.07) is 17.6. The molecule has 7 heteroatoms. The van der Waals surface area contributed by atoms with E-state index in [2.05, 4.69) is 29.1 Å². The van der Waals surface area contributed by atoms with Gasteiger partial charge < -0.3 is 23.8 Å². The Morgan fingerprint density at radius 2 is 1.91 bits per heavy atom. The molecule has 4 rings (SSSR count). The molecule has 1 saturated heterocycles. The molecule has 0 unspecified atom stereocenters. The van der Waals surface area contributed by atoms with Crippen LogP contribution in [0.3, 0.4) is 0 Å². The van der Waals surface area contributed by atoms with Crippen LogP contribution < -0.4 is 4.90 Å². The molecule has 1 amide bonds. The van der Waals surface area contributed by atoms with Gasteiger partial charge in [-0.3, -0.25) is 4.79 Å². The van der Waals surface area contributed by atoms with Gasteiger partial charge in [-0.15, -0.1) is 0 Å². The van der Waals surface area contributed by atoms with Gasteiger partial charge in [0.25, 0.3) is 5.91 Å². The Morgan fingerprint density at radius 1 is 1.12 bits per heavy atom. The number of aromatic nitrogens is 1. The molecule has 7 nitrogen and oxygen atoms in total. The summed E-state index contributed by atoms with van der Waals surface area (Å²) < 4.78 is 16.7. The Morgan fingerprint density at radius 3 is 2.64 bits per heavy atom. The van der Waals surface area contributed by atoms with Crippen LogP contribution in [0, 0.1) is 6.92 Å². The van der Waals surface area contributed by atoms with Crippen molar-refractivity contribution in [2.75, 3.05) is 51.5 Å². The molecule has 0 N–H and O–H groups in total. The number of carbonyl (C=O) groups excluding carboxylic acids is 1. The number of benzene rings is 2. The Kier molecular flexibility index (Phi) is 7.75. The minimum Gasteiger partial charge on any atom is -0.385 e. The molecule has 0 aliphatic carbocycles. The average molecular weight is 450 g/mol. The summed E-state index contributed by atoms with van der Waals surface area (Å²) in [6.45, 7) is 6.35. The van der Waals surface area contributed by atoms with Gasteiger partial charge in [0.05, 0.1) is 25.3 Å². The van der Waals surface area contributed by atoms with Crippen LogP contribution in [0.4, 0.5) is 5.88 Å². The highest BCUT2D eigenvalue weighted by Gasteiger charge is 2.27. The van der Waals surface area contributed by atoms with E-state index >= 15 is 0 Å². The number of nitrogens with zero attached hydrogens (tertiary/aromatic N) is 3. The van der Waals surface area contributed by atoms with Gasteiger partial charge in [-0.05, 0) is 31.5 Å². The first-order valence-electron chi connectivity index (χ1n) is 11.4. The number of methoxy groups -OCH3 is 1. The number of carbonyl (C=O) groups is 1. The zero-order valence-corrected chi connectivity index (χ0v) is 19.3. The maximum Gasteiger partial charge on any atom is 0.254 e. The van der Waals surface area contributed by atoms with E-state index in [-0.39, 0.29) is 5.91 Å². The SMILES string of the molecule is COCCCN(Cc1c(-c2cccc(C)c2)noc1N1CCOCC1)C(=O)c1ccccc1. The average Bonchev–Trinajstić information content (AvgIpc) is 3.28. The number of amides is 1. The van der Waals surface area contributed by atoms with Crippen LogP contribution in [0.5, 0.6) is 0 Å². The standard InChI is InChI=1S/C26H31N3O4/c1-20-8-6-11-22(18-20)24-23(26(33-27-24)28-13-16-32-17-14-28)19-29(12-7-15-31-2)25(30)21-9-4-3-5-10-21/h3-6,8-11,18H,7,12-17,19H2,1-2H3. The Labute approximate surface area is 194 Å². The fourth-order valence-electron chi connectivity index (χ4n) is 4.08. The van der Waals surface area contributed by atoms with E-state index in [1.165, 1.54) is 0 Å². The Balaban J connectivity index is 1.71. The summed E-state index contributed by atoms with van der Waals surface area (Å²) in [6.07, 6.45) is 0.743. The smallest absolute Gasteiger partial charge is 0.254 e. The van der Waals surface area contributed by atoms with Crippen LogP contribution in [0.15, 0.2) is 59.1 Å². The van der Waals surface area contributed by atoms with Crippen molar-refractivity contribution >= 4 is 11.8 Å². The molecule has 3 aromatic rings. The third-order valence-electron chi connectivity index (χ3n) is 5.79. The summed E-state index contributed by atoms with van der Waals surface area (Å²) in [5, 5.41) is 4.46. The fourth-order valence-corrected chi connectivity index (χ4v) is 4.08. The highest BCUT2D eigenvalue weighted by Crippen LogP contribution is 2.33. The first-order chi connectivity index (χ1) is 16.2. The van der Waals surface area contributed by atoms with E-state index < -0.39 is 0 Å². The van der Waals surface area contributed by atoms with E-state index in [0.717, 1.165) is 41.9 Å². The molecule has 1 aliphatic rings. The van der Waals surface area contributed by atoms with Crippen LogP contribution >= 0.6 is 0 Å². The second-order valence-corrected chi connectivity index (χ2v) is 8.22. The molecular formula is C26H31N3O4. The van der Waals surface area contributed by atoms with Crippen molar-refractivity contribution in [3.05, 3.63) is 71.3 Å². The number of ether oxygens (including phenoxy) is 2. The Bertz CT molecular complexity index is 1040. The van der Waals surface area contributed by atoms with Crippen molar-refractivity contribution in [1.82, 2.24) is 10.1 Å². The number of hydrogen-bond donors (Lipinski definition) is 0. The lowest BCUT2D eigenvalue weighted by atomic mass is 10.0. The maximum atomic E-state index is 13.5. The van der Waals surface area contributed by atoms with Gasteiger partial charge in [0.1, 0.15) is 5.69 Å². The zero-order valence-electron chi connectivity index (χ0n) is 19.3. The third kappa shape index (κ3) is 5.61. The van der Waals surface area contributed by atoms with Crippen LogP contribution in [0.25, 0.3) is 11.3 Å². The van der Waals surface area contributed by atoms with Crippen LogP contribution in [0.2, 0.25) is 0 Å². The number of aryl methyl sites for hydroxylation is 1. The predicted molar refractivity (Wildman–Crippen MR) is 127 cm³/mol. The van der Waals surface area contributed by atoms with E-state index in [4.69, 9.17) is 14.0 Å².